The number of aliphatic hydroxyl groups is 7. The second-order valence-corrected chi connectivity index (χ2v) is 17.0. The minimum Gasteiger partial charge on any atom is -0.479 e. The van der Waals surface area contributed by atoms with Gasteiger partial charge in [-0.15, -0.1) is 0 Å². The molecule has 7 rings (SSSR count). The van der Waals surface area contributed by atoms with E-state index >= 15 is 0 Å². The van der Waals surface area contributed by atoms with E-state index in [0.29, 0.717) is 5.56 Å². The highest BCUT2D eigenvalue weighted by Gasteiger charge is 2.57. The average molecular weight is 886 g/mol. The van der Waals surface area contributed by atoms with Crippen LogP contribution in [0.2, 0.25) is 0 Å². The summed E-state index contributed by atoms with van der Waals surface area (Å²) in [6.07, 6.45) is -21.7. The smallest absolute Gasteiger partial charge is 0.335 e. The number of aliphatic hydroxyl groups excluding tert-OH is 7. The van der Waals surface area contributed by atoms with Crippen LogP contribution in [0.15, 0.2) is 97.1 Å². The number of hydrogen-bond donors (Lipinski definition) is 9. The number of rotatable bonds is 13. The molecule has 19 nitrogen and oxygen atoms in total. The highest BCUT2D eigenvalue weighted by atomic mass is 32.2. The fourth-order valence-electron chi connectivity index (χ4n) is 7.46. The van der Waals surface area contributed by atoms with Gasteiger partial charge in [-0.2, -0.15) is 0 Å². The molecule has 9 N–H and O–H groups in total. The van der Waals surface area contributed by atoms with Gasteiger partial charge in [0.05, 0.1) is 17.9 Å². The Balaban J connectivity index is 1.30. The van der Waals surface area contributed by atoms with Crippen molar-refractivity contribution >= 4 is 33.4 Å². The molecule has 6 unspecified atom stereocenters. The maximum Gasteiger partial charge on any atom is 0.335 e. The number of carbonyl (C=O) groups is 3. The quantitative estimate of drug-likeness (QED) is 0.0775. The molecule has 3 saturated heterocycles. The summed E-state index contributed by atoms with van der Waals surface area (Å²) in [6, 6.07) is 20.8. The van der Waals surface area contributed by atoms with E-state index in [2.05, 4.69) is 0 Å². The number of carboxylic acid groups (broad SMARTS) is 2. The number of nitrogens with zero attached hydrogens (tertiary/aromatic N) is 1. The van der Waals surface area contributed by atoms with E-state index in [1.807, 2.05) is 0 Å². The second kappa shape index (κ2) is 17.6. The van der Waals surface area contributed by atoms with Crippen molar-refractivity contribution in [3.8, 4) is 22.6 Å². The molecule has 3 aliphatic heterocycles. The molecule has 1 amide bonds. The van der Waals surface area contributed by atoms with Crippen LogP contribution in [0.1, 0.15) is 23.3 Å². The Kier molecular flexibility index (Phi) is 12.7. The molecule has 62 heavy (non-hydrogen) atoms. The summed E-state index contributed by atoms with van der Waals surface area (Å²) >= 11 is 0. The number of β-lactam (4-membered cyclic amide) rings is 1. The predicted octanol–water partition coefficient (Wildman–Crippen LogP) is -0.360. The first-order valence-corrected chi connectivity index (χ1v) is 20.6. The fraction of sp³-hybridized carbons (Fsp3) is 0.341. The normalized spacial score (nSPS) is 30.5. The van der Waals surface area contributed by atoms with E-state index in [0.717, 1.165) is 17.0 Å². The summed E-state index contributed by atoms with van der Waals surface area (Å²) in [5.41, 5.74) is 0.765. The average Bonchev–Trinajstić information content (AvgIpc) is 3.23. The molecular formula is C41H40FNO18S. The number of ether oxygens (including phenoxy) is 4. The molecule has 0 aromatic heterocycles. The maximum atomic E-state index is 14.2. The Morgan fingerprint density at radius 1 is 0.694 bits per heavy atom. The number of para-hydroxylation sites is 1. The van der Waals surface area contributed by atoms with E-state index in [9.17, 15) is 73.2 Å². The Hall–Kier alpha value is -5.59. The van der Waals surface area contributed by atoms with Crippen molar-refractivity contribution in [2.75, 3.05) is 10.7 Å². The van der Waals surface area contributed by atoms with Gasteiger partial charge in [-0.05, 0) is 59.2 Å². The molecule has 4 aromatic rings. The summed E-state index contributed by atoms with van der Waals surface area (Å²) < 4.78 is 64.4. The second-order valence-electron chi connectivity index (χ2n) is 14.8. The third-order valence-corrected chi connectivity index (χ3v) is 12.7. The molecule has 13 atom stereocenters. The van der Waals surface area contributed by atoms with Crippen molar-refractivity contribution in [1.82, 2.24) is 0 Å². The monoisotopic (exact) mass is 885 g/mol. The number of hydrogen-bond acceptors (Lipinski definition) is 16. The number of aliphatic carboxylic acids is 2. The van der Waals surface area contributed by atoms with E-state index in [4.69, 9.17) is 18.9 Å². The zero-order valence-corrected chi connectivity index (χ0v) is 32.7. The molecule has 3 aliphatic rings. The lowest BCUT2D eigenvalue weighted by Gasteiger charge is -2.47. The van der Waals surface area contributed by atoms with Gasteiger partial charge in [0.15, 0.2) is 27.3 Å². The van der Waals surface area contributed by atoms with Crippen molar-refractivity contribution in [2.24, 2.45) is 0 Å². The van der Waals surface area contributed by atoms with Crippen molar-refractivity contribution in [3.63, 3.8) is 0 Å². The first-order valence-electron chi connectivity index (χ1n) is 18.8. The van der Waals surface area contributed by atoms with Crippen LogP contribution in [0.4, 0.5) is 10.1 Å². The van der Waals surface area contributed by atoms with Gasteiger partial charge in [-0.1, -0.05) is 54.6 Å². The van der Waals surface area contributed by atoms with Crippen LogP contribution >= 0.6 is 0 Å². The number of halogens is 1. The summed E-state index contributed by atoms with van der Waals surface area (Å²) in [5, 5.41) is 91.0. The zero-order chi connectivity index (χ0) is 44.8. The van der Waals surface area contributed by atoms with Gasteiger partial charge >= 0.3 is 11.9 Å². The van der Waals surface area contributed by atoms with Crippen LogP contribution in [0.25, 0.3) is 11.1 Å². The lowest BCUT2D eigenvalue weighted by atomic mass is 9.90. The van der Waals surface area contributed by atoms with Gasteiger partial charge in [0.25, 0.3) is 0 Å². The summed E-state index contributed by atoms with van der Waals surface area (Å²) in [7, 11) is -4.61. The van der Waals surface area contributed by atoms with E-state index in [1.54, 1.807) is 24.3 Å². The standard InChI is InChI=1S/C41H40FNO18S/c42-21-12-9-18(10-13-21)25(44)17-62(56,57)36-27(43(37(36)51)22-6-2-1-3-7-22)24-14-11-20(16-26(24)59-41-33(50)29(46)31(48)35(61-41)39(54)55)19-5-4-8-23(15-19)58-40-32(49)28(45)30(47)34(60-40)38(52)53/h1-16,25,27-36,40-41,44-50H,17H2,(H,52,53)(H,54,55)/t25-,27+,28-,29-,30?,31?,32?,33?,34?,35?,36+,40+,41+/m0/s1. The van der Waals surface area contributed by atoms with Crippen LogP contribution in [0.3, 0.4) is 0 Å². The third-order valence-electron chi connectivity index (χ3n) is 10.7. The van der Waals surface area contributed by atoms with E-state index < -0.39 is 118 Å². The van der Waals surface area contributed by atoms with Gasteiger partial charge in [0.1, 0.15) is 53.9 Å². The van der Waals surface area contributed by atoms with Gasteiger partial charge in [-0.25, -0.2) is 22.4 Å². The van der Waals surface area contributed by atoms with Crippen LogP contribution in [-0.4, -0.2) is 145 Å². The summed E-state index contributed by atoms with van der Waals surface area (Å²) in [6.45, 7) is 0. The molecule has 330 valence electrons. The van der Waals surface area contributed by atoms with Gasteiger partial charge in [0, 0.05) is 11.3 Å². The lowest BCUT2D eigenvalue weighted by molar-refractivity contribution is -0.271. The minimum atomic E-state index is -4.61. The van der Waals surface area contributed by atoms with E-state index in [1.165, 1.54) is 60.7 Å². The Labute approximate surface area is 350 Å². The topological polar surface area (TPSA) is 308 Å². The molecule has 4 aromatic carbocycles. The third kappa shape index (κ3) is 8.59. The van der Waals surface area contributed by atoms with Crippen LogP contribution in [0, 0.1) is 5.82 Å². The minimum absolute atomic E-state index is 0.0509. The summed E-state index contributed by atoms with van der Waals surface area (Å²) in [5.74, 6) is -6.26. The molecular weight excluding hydrogens is 846 g/mol. The number of anilines is 1. The summed E-state index contributed by atoms with van der Waals surface area (Å²) in [4.78, 5) is 38.8. The van der Waals surface area contributed by atoms with E-state index in [-0.39, 0.29) is 33.9 Å². The van der Waals surface area contributed by atoms with Crippen molar-refractivity contribution in [2.45, 2.75) is 78.8 Å². The zero-order valence-electron chi connectivity index (χ0n) is 31.9. The highest BCUT2D eigenvalue weighted by Crippen LogP contribution is 2.48. The number of benzene rings is 4. The molecule has 3 fully saturated rings. The van der Waals surface area contributed by atoms with Gasteiger partial charge in [-0.3, -0.25) is 4.79 Å². The Morgan fingerprint density at radius 2 is 1.26 bits per heavy atom. The molecule has 0 saturated carbocycles. The Morgan fingerprint density at radius 3 is 1.84 bits per heavy atom. The fourth-order valence-corrected chi connectivity index (χ4v) is 9.39. The number of sulfone groups is 1. The van der Waals surface area contributed by atoms with Crippen molar-refractivity contribution in [3.05, 3.63) is 114 Å². The molecule has 0 aliphatic carbocycles. The molecule has 3 heterocycles. The number of carboxylic acids is 2. The molecule has 21 heteroatoms. The lowest BCUT2D eigenvalue weighted by Crippen LogP contribution is -2.63. The van der Waals surface area contributed by atoms with Crippen LogP contribution in [-0.2, 0) is 33.7 Å². The first-order chi connectivity index (χ1) is 29.4. The van der Waals surface area contributed by atoms with Crippen molar-refractivity contribution in [1.29, 1.82) is 0 Å². The number of amides is 1. The molecule has 0 bridgehead atoms. The Bertz CT molecular complexity index is 2410. The SMILES string of the molecule is O=C(O)C1O[C@@H](Oc2cccc(-c3ccc([C@@H]4[C@@H](S(=O)(=O)C[C@H](O)c5ccc(F)cc5)C(=O)N4c4ccccc4)c(O[C@@H]4OC(C(=O)O)C(O)[C@H](O)C4O)c3)c2)C(O)[C@@H](O)C1O. The van der Waals surface area contributed by atoms with Gasteiger partial charge in [0.2, 0.25) is 18.5 Å². The molecule has 0 radical (unpaired) electrons. The van der Waals surface area contributed by atoms with Gasteiger partial charge < -0.3 is 69.8 Å². The largest absolute Gasteiger partial charge is 0.479 e. The highest BCUT2D eigenvalue weighted by molar-refractivity contribution is 7.93. The molecule has 0 spiro atoms. The predicted molar refractivity (Wildman–Crippen MR) is 207 cm³/mol. The number of carbonyl (C=O) groups excluding carboxylic acids is 1. The van der Waals surface area contributed by atoms with Crippen molar-refractivity contribution < 1.29 is 92.1 Å². The maximum absolute atomic E-state index is 14.2. The first kappa shape index (κ1) is 44.5. The van der Waals surface area contributed by atoms with Crippen LogP contribution in [0.5, 0.6) is 11.5 Å². The van der Waals surface area contributed by atoms with Crippen LogP contribution < -0.4 is 14.4 Å².